The number of hydrogen-bond acceptors (Lipinski definition) is 7. The summed E-state index contributed by atoms with van der Waals surface area (Å²) in [5.74, 6) is 0.585. The van der Waals surface area contributed by atoms with E-state index < -0.39 is 17.0 Å². The summed E-state index contributed by atoms with van der Waals surface area (Å²) in [7, 11) is 0. The van der Waals surface area contributed by atoms with Crippen molar-refractivity contribution in [3.8, 4) is 0 Å². The van der Waals surface area contributed by atoms with Crippen molar-refractivity contribution in [1.82, 2.24) is 5.32 Å². The van der Waals surface area contributed by atoms with Crippen molar-refractivity contribution >= 4 is 52.8 Å². The first-order chi connectivity index (χ1) is 15.7. The van der Waals surface area contributed by atoms with Gasteiger partial charge in [0.1, 0.15) is 0 Å². The highest BCUT2D eigenvalue weighted by Crippen LogP contribution is 2.30. The quantitative estimate of drug-likeness (QED) is 0.679. The number of rotatable bonds is 3. The molecule has 0 aromatic heterocycles. The van der Waals surface area contributed by atoms with E-state index in [0.29, 0.717) is 11.8 Å². The minimum absolute atomic E-state index is 0.203. The maximum Gasteiger partial charge on any atom is 0.409 e. The highest BCUT2D eigenvalue weighted by Gasteiger charge is 2.36. The van der Waals surface area contributed by atoms with Crippen molar-refractivity contribution < 1.29 is 24.2 Å². The Morgan fingerprint density at radius 1 is 0.909 bits per heavy atom. The second kappa shape index (κ2) is 11.0. The van der Waals surface area contributed by atoms with Gasteiger partial charge in [0.15, 0.2) is 5.44 Å². The smallest absolute Gasteiger partial charge is 0.409 e. The third-order valence-corrected chi connectivity index (χ3v) is 6.42. The number of benzene rings is 2. The molecule has 3 amide bonds. The van der Waals surface area contributed by atoms with E-state index in [4.69, 9.17) is 4.74 Å². The summed E-state index contributed by atoms with van der Waals surface area (Å²) in [6, 6.07) is 18.7. The lowest BCUT2D eigenvalue weighted by Gasteiger charge is -2.21. The van der Waals surface area contributed by atoms with Crippen LogP contribution in [0.1, 0.15) is 20.8 Å². The van der Waals surface area contributed by atoms with Crippen LogP contribution < -0.4 is 15.1 Å². The molecule has 0 aliphatic carbocycles. The fourth-order valence-corrected chi connectivity index (χ4v) is 4.78. The SMILES string of the molecule is CC(C)(C)NC(=O)OC1SCN(c2ccccc2)C1=O.O=C1C(O)SCN1c1ccccc1. The maximum absolute atomic E-state index is 12.2. The van der Waals surface area contributed by atoms with Gasteiger partial charge in [-0.25, -0.2) is 4.79 Å². The molecule has 10 heteroatoms. The molecule has 2 heterocycles. The Bertz CT molecular complexity index is 969. The number of thioether (sulfide) groups is 2. The van der Waals surface area contributed by atoms with Crippen LogP contribution in [0.25, 0.3) is 0 Å². The second-order valence-corrected chi connectivity index (χ2v) is 10.3. The number of carbonyl (C=O) groups excluding carboxylic acids is 3. The van der Waals surface area contributed by atoms with Gasteiger partial charge in [0.05, 0.1) is 11.8 Å². The number of nitrogens with zero attached hydrogens (tertiary/aromatic N) is 2. The molecule has 2 aromatic rings. The van der Waals surface area contributed by atoms with Gasteiger partial charge in [-0.1, -0.05) is 59.9 Å². The van der Waals surface area contributed by atoms with Gasteiger partial charge in [0.25, 0.3) is 11.8 Å². The van der Waals surface area contributed by atoms with Gasteiger partial charge in [-0.2, -0.15) is 0 Å². The van der Waals surface area contributed by atoms with Crippen LogP contribution in [0.2, 0.25) is 0 Å². The molecule has 2 aromatic carbocycles. The topological polar surface area (TPSA) is 99.2 Å². The number of aliphatic hydroxyl groups is 1. The number of anilines is 2. The highest BCUT2D eigenvalue weighted by molar-refractivity contribution is 8.01. The van der Waals surface area contributed by atoms with Crippen molar-refractivity contribution in [2.45, 2.75) is 37.2 Å². The lowest BCUT2D eigenvalue weighted by molar-refractivity contribution is -0.122. The number of amides is 3. The molecule has 2 unspecified atom stereocenters. The number of para-hydroxylation sites is 2. The largest absolute Gasteiger partial charge is 0.425 e. The Balaban J connectivity index is 0.000000203. The predicted molar refractivity (Wildman–Crippen MR) is 132 cm³/mol. The van der Waals surface area contributed by atoms with Crippen LogP contribution in [0.4, 0.5) is 16.2 Å². The Kier molecular flexibility index (Phi) is 8.28. The average Bonchev–Trinajstić information content (AvgIpc) is 3.30. The van der Waals surface area contributed by atoms with Crippen molar-refractivity contribution in [1.29, 1.82) is 0 Å². The van der Waals surface area contributed by atoms with Crippen molar-refractivity contribution in [2.24, 2.45) is 0 Å². The summed E-state index contributed by atoms with van der Waals surface area (Å²) in [5.41, 5.74) is -0.399. The molecule has 0 saturated carbocycles. The van der Waals surface area contributed by atoms with E-state index in [1.165, 1.54) is 23.5 Å². The minimum atomic E-state index is -0.889. The summed E-state index contributed by atoms with van der Waals surface area (Å²) in [4.78, 5) is 38.4. The molecule has 0 radical (unpaired) electrons. The van der Waals surface area contributed by atoms with Gasteiger partial charge in [0, 0.05) is 16.9 Å². The monoisotopic (exact) mass is 489 g/mol. The third kappa shape index (κ3) is 6.89. The van der Waals surface area contributed by atoms with Crippen LogP contribution in [-0.4, -0.2) is 51.2 Å². The molecule has 2 fully saturated rings. The molecule has 2 aliphatic rings. The Hall–Kier alpha value is -2.69. The van der Waals surface area contributed by atoms with Crippen molar-refractivity contribution in [2.75, 3.05) is 21.6 Å². The fourth-order valence-electron chi connectivity index (χ4n) is 2.95. The van der Waals surface area contributed by atoms with Crippen LogP contribution in [0.15, 0.2) is 60.7 Å². The van der Waals surface area contributed by atoms with E-state index >= 15 is 0 Å². The molecule has 0 bridgehead atoms. The summed E-state index contributed by atoms with van der Waals surface area (Å²) in [6.07, 6.45) is -0.571. The van der Waals surface area contributed by atoms with Gasteiger partial charge < -0.3 is 15.2 Å². The molecule has 2 aliphatic heterocycles. The van der Waals surface area contributed by atoms with E-state index in [0.717, 1.165) is 11.4 Å². The first-order valence-electron chi connectivity index (χ1n) is 10.3. The molecule has 0 spiro atoms. The van der Waals surface area contributed by atoms with E-state index in [-0.39, 0.29) is 17.4 Å². The molecule has 2 atom stereocenters. The van der Waals surface area contributed by atoms with Gasteiger partial charge in [-0.05, 0) is 45.0 Å². The zero-order chi connectivity index (χ0) is 24.0. The maximum atomic E-state index is 12.2. The zero-order valence-corrected chi connectivity index (χ0v) is 20.3. The van der Waals surface area contributed by atoms with E-state index in [2.05, 4.69) is 5.32 Å². The van der Waals surface area contributed by atoms with Crippen LogP contribution in [0, 0.1) is 0 Å². The first-order valence-corrected chi connectivity index (χ1v) is 12.4. The average molecular weight is 490 g/mol. The number of carbonyl (C=O) groups is 3. The number of nitrogens with one attached hydrogen (secondary N) is 1. The van der Waals surface area contributed by atoms with E-state index in [1.807, 2.05) is 81.4 Å². The Labute approximate surface area is 201 Å². The zero-order valence-electron chi connectivity index (χ0n) is 18.6. The normalized spacial score (nSPS) is 20.4. The molecule has 2 N–H and O–H groups in total. The van der Waals surface area contributed by atoms with E-state index in [9.17, 15) is 19.5 Å². The minimum Gasteiger partial charge on any atom is -0.425 e. The lowest BCUT2D eigenvalue weighted by Crippen LogP contribution is -2.43. The summed E-state index contributed by atoms with van der Waals surface area (Å²) in [5, 5.41) is 11.9. The standard InChI is InChI=1S/C14H18N2O3S.C9H9NO2S/c1-14(2,3)15-13(18)19-12-11(17)16(9-20-12)10-7-5-4-6-8-10;11-8-9(12)13-6-10(8)7-4-2-1-3-5-7/h4-8,12H,9H2,1-3H3,(H,15,18);1-5,9,12H,6H2. The van der Waals surface area contributed by atoms with Crippen LogP contribution in [0.3, 0.4) is 0 Å². The number of hydrogen-bond donors (Lipinski definition) is 2. The summed E-state index contributed by atoms with van der Waals surface area (Å²) < 4.78 is 5.17. The molecule has 33 heavy (non-hydrogen) atoms. The number of aliphatic hydroxyl groups excluding tert-OH is 1. The number of ether oxygens (including phenoxy) is 1. The first kappa shape index (κ1) is 24.9. The summed E-state index contributed by atoms with van der Waals surface area (Å²) >= 11 is 2.54. The molecule has 2 saturated heterocycles. The van der Waals surface area contributed by atoms with Gasteiger partial charge in [0.2, 0.25) is 5.44 Å². The lowest BCUT2D eigenvalue weighted by atomic mass is 10.1. The van der Waals surface area contributed by atoms with Crippen molar-refractivity contribution in [3.05, 3.63) is 60.7 Å². The van der Waals surface area contributed by atoms with Crippen LogP contribution in [-0.2, 0) is 14.3 Å². The predicted octanol–water partition coefficient (Wildman–Crippen LogP) is 3.62. The second-order valence-electron chi connectivity index (χ2n) is 8.26. The summed E-state index contributed by atoms with van der Waals surface area (Å²) in [6.45, 7) is 5.57. The van der Waals surface area contributed by atoms with Gasteiger partial charge in [-0.15, -0.1) is 0 Å². The molecule has 4 rings (SSSR count). The van der Waals surface area contributed by atoms with Gasteiger partial charge >= 0.3 is 6.09 Å². The molecule has 176 valence electrons. The van der Waals surface area contributed by atoms with Crippen molar-refractivity contribution in [3.63, 3.8) is 0 Å². The molecule has 8 nitrogen and oxygen atoms in total. The Morgan fingerprint density at radius 3 is 1.85 bits per heavy atom. The molecular formula is C23H27N3O5S2. The van der Waals surface area contributed by atoms with Gasteiger partial charge in [-0.3, -0.25) is 19.4 Å². The highest BCUT2D eigenvalue weighted by atomic mass is 32.2. The van der Waals surface area contributed by atoms with Crippen LogP contribution >= 0.6 is 23.5 Å². The fraction of sp³-hybridized carbons (Fsp3) is 0.348. The Morgan fingerprint density at radius 2 is 1.39 bits per heavy atom. The number of alkyl carbamates (subject to hydrolysis) is 1. The third-order valence-electron chi connectivity index (χ3n) is 4.49. The molecular weight excluding hydrogens is 462 g/mol. The van der Waals surface area contributed by atoms with E-state index in [1.54, 1.807) is 9.80 Å². The van der Waals surface area contributed by atoms with Crippen LogP contribution in [0.5, 0.6) is 0 Å².